The molecule has 1 N–H and O–H groups in total. The van der Waals surface area contributed by atoms with Gasteiger partial charge in [-0.3, -0.25) is 0 Å². The molecular formula is C23H40O. The highest BCUT2D eigenvalue weighted by Crippen LogP contribution is 2.11. The van der Waals surface area contributed by atoms with Gasteiger partial charge in [-0.1, -0.05) is 88.9 Å². The molecule has 0 rings (SSSR count). The molecule has 0 aromatic heterocycles. The van der Waals surface area contributed by atoms with E-state index in [9.17, 15) is 0 Å². The van der Waals surface area contributed by atoms with E-state index in [1.165, 1.54) is 89.9 Å². The fourth-order valence-electron chi connectivity index (χ4n) is 2.79. The molecule has 0 saturated heterocycles. The molecule has 0 unspecified atom stereocenters. The van der Waals surface area contributed by atoms with Gasteiger partial charge in [0.25, 0.3) is 0 Å². The van der Waals surface area contributed by atoms with Crippen LogP contribution in [0, 0.1) is 12.3 Å². The molecule has 0 aliphatic rings. The van der Waals surface area contributed by atoms with Crippen LogP contribution in [0.5, 0.6) is 0 Å². The maximum Gasteiger partial charge on any atom is 0.133 e. The zero-order valence-electron chi connectivity index (χ0n) is 16.0. The van der Waals surface area contributed by atoms with E-state index >= 15 is 0 Å². The van der Waals surface area contributed by atoms with Crippen LogP contribution in [-0.4, -0.2) is 11.2 Å². The maximum absolute atomic E-state index is 9.17. The second-order valence-corrected chi connectivity index (χ2v) is 6.77. The Bertz CT molecular complexity index is 334. The average Bonchev–Trinajstić information content (AvgIpc) is 2.60. The molecular weight excluding hydrogens is 292 g/mol. The van der Waals surface area contributed by atoms with Crippen molar-refractivity contribution in [3.8, 4) is 12.3 Å². The second-order valence-electron chi connectivity index (χ2n) is 6.77. The summed E-state index contributed by atoms with van der Waals surface area (Å²) in [5.41, 5.74) is 0. The first kappa shape index (κ1) is 23.0. The Hall–Kier alpha value is -1.00. The van der Waals surface area contributed by atoms with Crippen LogP contribution in [0.25, 0.3) is 0 Å². The molecule has 0 amide bonds. The predicted octanol–water partition coefficient (Wildman–Crippen LogP) is 6.96. The third kappa shape index (κ3) is 19.0. The van der Waals surface area contributed by atoms with Crippen LogP contribution in [0.4, 0.5) is 0 Å². The number of aliphatic hydroxyl groups excluding tert-OH is 1. The highest BCUT2D eigenvalue weighted by Gasteiger charge is 1.93. The first-order chi connectivity index (χ1) is 11.8. The van der Waals surface area contributed by atoms with Gasteiger partial charge in [0, 0.05) is 0 Å². The van der Waals surface area contributed by atoms with Crippen LogP contribution in [0.2, 0.25) is 0 Å². The Kier molecular flexibility index (Phi) is 19.2. The number of allylic oxidation sites excluding steroid dienone is 3. The minimum atomic E-state index is -0.707. The lowest BCUT2D eigenvalue weighted by Crippen LogP contribution is -1.95. The van der Waals surface area contributed by atoms with Crippen molar-refractivity contribution >= 4 is 0 Å². The summed E-state index contributed by atoms with van der Waals surface area (Å²) in [6, 6.07) is 0. The van der Waals surface area contributed by atoms with Gasteiger partial charge in [-0.15, -0.1) is 6.42 Å². The van der Waals surface area contributed by atoms with Crippen LogP contribution < -0.4 is 0 Å². The highest BCUT2D eigenvalue weighted by atomic mass is 16.3. The zero-order valence-corrected chi connectivity index (χ0v) is 16.0. The van der Waals surface area contributed by atoms with Gasteiger partial charge in [0.2, 0.25) is 0 Å². The van der Waals surface area contributed by atoms with E-state index in [-0.39, 0.29) is 0 Å². The molecule has 1 nitrogen and oxygen atoms in total. The zero-order chi connectivity index (χ0) is 17.7. The third-order valence-electron chi connectivity index (χ3n) is 4.37. The molecule has 24 heavy (non-hydrogen) atoms. The number of hydrogen-bond donors (Lipinski definition) is 1. The molecule has 0 fully saturated rings. The van der Waals surface area contributed by atoms with Gasteiger partial charge in [-0.2, -0.15) is 0 Å². The molecule has 0 aromatic carbocycles. The summed E-state index contributed by atoms with van der Waals surface area (Å²) in [7, 11) is 0. The summed E-state index contributed by atoms with van der Waals surface area (Å²) in [6.07, 6.45) is 32.6. The van der Waals surface area contributed by atoms with E-state index in [2.05, 4.69) is 25.0 Å². The minimum absolute atomic E-state index is 0.707. The van der Waals surface area contributed by atoms with Gasteiger partial charge in [-0.05, 0) is 44.6 Å². The van der Waals surface area contributed by atoms with Gasteiger partial charge in [0.15, 0.2) is 0 Å². The van der Waals surface area contributed by atoms with Gasteiger partial charge in [-0.25, -0.2) is 0 Å². The molecule has 0 saturated carbocycles. The van der Waals surface area contributed by atoms with Crippen LogP contribution in [0.15, 0.2) is 24.3 Å². The van der Waals surface area contributed by atoms with Crippen molar-refractivity contribution < 1.29 is 5.11 Å². The van der Waals surface area contributed by atoms with Gasteiger partial charge < -0.3 is 5.11 Å². The van der Waals surface area contributed by atoms with Crippen molar-refractivity contribution in [2.24, 2.45) is 0 Å². The second kappa shape index (κ2) is 20.0. The average molecular weight is 333 g/mol. The van der Waals surface area contributed by atoms with Crippen LogP contribution in [-0.2, 0) is 0 Å². The molecule has 0 heterocycles. The Morgan fingerprint density at radius 2 is 1.12 bits per heavy atom. The fourth-order valence-corrected chi connectivity index (χ4v) is 2.79. The summed E-state index contributed by atoms with van der Waals surface area (Å²) >= 11 is 0. The quantitative estimate of drug-likeness (QED) is 0.173. The van der Waals surface area contributed by atoms with E-state index in [0.29, 0.717) is 0 Å². The molecule has 0 aliphatic heterocycles. The predicted molar refractivity (Wildman–Crippen MR) is 108 cm³/mol. The molecule has 0 aliphatic carbocycles. The van der Waals surface area contributed by atoms with Crippen molar-refractivity contribution in [1.29, 1.82) is 0 Å². The Morgan fingerprint density at radius 1 is 0.708 bits per heavy atom. The monoisotopic (exact) mass is 332 g/mol. The lowest BCUT2D eigenvalue weighted by molar-refractivity contribution is 0.280. The fraction of sp³-hybridized carbons (Fsp3) is 0.739. The van der Waals surface area contributed by atoms with E-state index in [0.717, 1.165) is 6.42 Å². The lowest BCUT2D eigenvalue weighted by atomic mass is 10.1. The van der Waals surface area contributed by atoms with Crippen molar-refractivity contribution in [1.82, 2.24) is 0 Å². The van der Waals surface area contributed by atoms with Crippen LogP contribution in [0.3, 0.4) is 0 Å². The number of terminal acetylenes is 1. The van der Waals surface area contributed by atoms with E-state index in [1.54, 1.807) is 6.08 Å². The number of aliphatic hydroxyl groups is 1. The van der Waals surface area contributed by atoms with Gasteiger partial charge in [0.1, 0.15) is 6.10 Å². The van der Waals surface area contributed by atoms with Crippen LogP contribution in [0.1, 0.15) is 103 Å². The molecule has 1 atom stereocenters. The summed E-state index contributed by atoms with van der Waals surface area (Å²) in [4.78, 5) is 0. The lowest BCUT2D eigenvalue weighted by Gasteiger charge is -2.01. The Balaban J connectivity index is 3.14. The van der Waals surface area contributed by atoms with Crippen molar-refractivity contribution in [2.75, 3.05) is 0 Å². The van der Waals surface area contributed by atoms with Crippen molar-refractivity contribution in [3.05, 3.63) is 24.3 Å². The molecule has 0 spiro atoms. The van der Waals surface area contributed by atoms with Crippen LogP contribution >= 0.6 is 0 Å². The molecule has 0 radical (unpaired) electrons. The summed E-state index contributed by atoms with van der Waals surface area (Å²) < 4.78 is 0. The molecule has 138 valence electrons. The Labute approximate surface area is 151 Å². The first-order valence-corrected chi connectivity index (χ1v) is 10.3. The Morgan fingerprint density at radius 3 is 1.58 bits per heavy atom. The standard InChI is InChI=1S/C23H40O/c1-3-5-6-7-8-9-10-11-12-13-14-15-16-17-18-19-20-21-22-23(24)4-2/h2,9-10,21-24H,3,5-8,11-20H2,1H3/b10-9-,22-21+/t23-/m0/s1. The first-order valence-electron chi connectivity index (χ1n) is 10.3. The topological polar surface area (TPSA) is 20.2 Å². The SMILES string of the molecule is C#C[C@H](O)/C=C/CCCCCCCCCC/C=C\CCCCCC. The maximum atomic E-state index is 9.17. The smallest absolute Gasteiger partial charge is 0.133 e. The largest absolute Gasteiger partial charge is 0.377 e. The molecule has 0 bridgehead atoms. The van der Waals surface area contributed by atoms with Gasteiger partial charge in [0.05, 0.1) is 0 Å². The molecule has 0 aromatic rings. The van der Waals surface area contributed by atoms with Gasteiger partial charge >= 0.3 is 0 Å². The summed E-state index contributed by atoms with van der Waals surface area (Å²) in [5.74, 6) is 2.29. The molecule has 1 heteroatoms. The summed E-state index contributed by atoms with van der Waals surface area (Å²) in [5, 5.41) is 9.17. The number of rotatable bonds is 17. The van der Waals surface area contributed by atoms with E-state index in [1.807, 2.05) is 6.08 Å². The van der Waals surface area contributed by atoms with E-state index < -0.39 is 6.10 Å². The summed E-state index contributed by atoms with van der Waals surface area (Å²) in [6.45, 7) is 2.27. The van der Waals surface area contributed by atoms with Crippen molar-refractivity contribution in [2.45, 2.75) is 109 Å². The van der Waals surface area contributed by atoms with Crippen molar-refractivity contribution in [3.63, 3.8) is 0 Å². The van der Waals surface area contributed by atoms with E-state index in [4.69, 9.17) is 11.5 Å². The highest BCUT2D eigenvalue weighted by molar-refractivity contribution is 5.05. The number of hydrogen-bond acceptors (Lipinski definition) is 1. The normalized spacial score (nSPS) is 12.9. The minimum Gasteiger partial charge on any atom is -0.377 e. The number of unbranched alkanes of at least 4 members (excludes halogenated alkanes) is 13. The third-order valence-corrected chi connectivity index (χ3v) is 4.37.